The van der Waals surface area contributed by atoms with Crippen LogP contribution in [-0.2, 0) is 9.59 Å². The molecule has 0 radical (unpaired) electrons. The number of nitrogens with one attached hydrogen (secondary N) is 1. The number of fused-ring (bicyclic) bond motifs is 1. The highest BCUT2D eigenvalue weighted by atomic mass is 16.3. The van der Waals surface area contributed by atoms with Crippen molar-refractivity contribution in [1.82, 2.24) is 10.2 Å². The van der Waals surface area contributed by atoms with Gasteiger partial charge < -0.3 is 14.6 Å². The number of nitrogens with zero attached hydrogens (tertiary/aromatic N) is 1. The van der Waals surface area contributed by atoms with Gasteiger partial charge >= 0.3 is 0 Å². The maximum Gasteiger partial charge on any atom is 0.228 e. The van der Waals surface area contributed by atoms with E-state index >= 15 is 0 Å². The third kappa shape index (κ3) is 3.30. The molecule has 0 aliphatic carbocycles. The van der Waals surface area contributed by atoms with E-state index in [1.165, 1.54) is 0 Å². The summed E-state index contributed by atoms with van der Waals surface area (Å²) < 4.78 is 5.95. The summed E-state index contributed by atoms with van der Waals surface area (Å²) in [4.78, 5) is 26.2. The normalized spacial score (nSPS) is 19.1. The minimum absolute atomic E-state index is 0.0337. The lowest BCUT2D eigenvalue weighted by molar-refractivity contribution is -0.140. The number of benzene rings is 1. The van der Waals surface area contributed by atoms with Crippen LogP contribution in [0.5, 0.6) is 0 Å². The number of rotatable bonds is 5. The van der Waals surface area contributed by atoms with Gasteiger partial charge in [-0.3, -0.25) is 9.59 Å². The van der Waals surface area contributed by atoms with Gasteiger partial charge in [-0.05, 0) is 31.9 Å². The monoisotopic (exact) mass is 328 g/mol. The van der Waals surface area contributed by atoms with Crippen molar-refractivity contribution >= 4 is 22.8 Å². The standard InChI is InChI=1S/C19H24N2O3/c1-3-10-21(19(23)15-8-9-18(22)20-12-15)13(2)17-11-14-6-4-5-7-16(14)24-17/h4-7,11,13,15H,3,8-10,12H2,1-2H3,(H,20,22)/t13-,15-/m1/s1. The van der Waals surface area contributed by atoms with Crippen LogP contribution in [-0.4, -0.2) is 29.8 Å². The number of hydrogen-bond donors (Lipinski definition) is 1. The van der Waals surface area contributed by atoms with Crippen molar-refractivity contribution in [2.75, 3.05) is 13.1 Å². The van der Waals surface area contributed by atoms with Crippen molar-refractivity contribution in [3.8, 4) is 0 Å². The first kappa shape index (κ1) is 16.6. The summed E-state index contributed by atoms with van der Waals surface area (Å²) in [5.41, 5.74) is 0.841. The van der Waals surface area contributed by atoms with Gasteiger partial charge in [-0.15, -0.1) is 0 Å². The van der Waals surface area contributed by atoms with Crippen molar-refractivity contribution in [2.45, 2.75) is 39.2 Å². The molecule has 0 bridgehead atoms. The van der Waals surface area contributed by atoms with Crippen LogP contribution in [0.1, 0.15) is 44.9 Å². The van der Waals surface area contributed by atoms with Crippen LogP contribution >= 0.6 is 0 Å². The first-order chi connectivity index (χ1) is 11.6. The second-order valence-corrected chi connectivity index (χ2v) is 6.43. The highest BCUT2D eigenvalue weighted by Gasteiger charge is 2.31. The number of amides is 2. The highest BCUT2D eigenvalue weighted by Crippen LogP contribution is 2.29. The molecule has 0 saturated carbocycles. The Morgan fingerprint density at radius 2 is 2.21 bits per heavy atom. The third-order valence-corrected chi connectivity index (χ3v) is 4.69. The number of piperidine rings is 1. The van der Waals surface area contributed by atoms with Crippen molar-refractivity contribution in [3.63, 3.8) is 0 Å². The molecule has 0 spiro atoms. The summed E-state index contributed by atoms with van der Waals surface area (Å²) >= 11 is 0. The van der Waals surface area contributed by atoms with E-state index in [1.54, 1.807) is 0 Å². The lowest BCUT2D eigenvalue weighted by Gasteiger charge is -2.32. The minimum Gasteiger partial charge on any atom is -0.459 e. The van der Waals surface area contributed by atoms with Gasteiger partial charge in [0.1, 0.15) is 11.3 Å². The molecule has 1 saturated heterocycles. The maximum atomic E-state index is 13.0. The smallest absolute Gasteiger partial charge is 0.228 e. The van der Waals surface area contributed by atoms with E-state index in [1.807, 2.05) is 42.2 Å². The van der Waals surface area contributed by atoms with E-state index in [4.69, 9.17) is 4.42 Å². The first-order valence-corrected chi connectivity index (χ1v) is 8.65. The molecule has 2 amide bonds. The number of para-hydroxylation sites is 1. The van der Waals surface area contributed by atoms with Crippen LogP contribution in [0.25, 0.3) is 11.0 Å². The number of hydrogen-bond acceptors (Lipinski definition) is 3. The molecular weight excluding hydrogens is 304 g/mol. The molecule has 1 aliphatic rings. The molecule has 5 heteroatoms. The van der Waals surface area contributed by atoms with Gasteiger partial charge in [0.05, 0.1) is 12.0 Å². The van der Waals surface area contributed by atoms with Crippen molar-refractivity contribution in [1.29, 1.82) is 0 Å². The summed E-state index contributed by atoms with van der Waals surface area (Å²) in [6, 6.07) is 9.76. The molecule has 3 rings (SSSR count). The van der Waals surface area contributed by atoms with Crippen molar-refractivity contribution < 1.29 is 14.0 Å². The fourth-order valence-corrected chi connectivity index (χ4v) is 3.28. The minimum atomic E-state index is -0.138. The van der Waals surface area contributed by atoms with E-state index in [2.05, 4.69) is 12.2 Å². The predicted octanol–water partition coefficient (Wildman–Crippen LogP) is 3.26. The Labute approximate surface area is 142 Å². The average molecular weight is 328 g/mol. The molecule has 1 aliphatic heterocycles. The lowest BCUT2D eigenvalue weighted by atomic mass is 9.96. The number of furan rings is 1. The molecule has 1 N–H and O–H groups in total. The second-order valence-electron chi connectivity index (χ2n) is 6.43. The zero-order valence-corrected chi connectivity index (χ0v) is 14.2. The summed E-state index contributed by atoms with van der Waals surface area (Å²) in [6.45, 7) is 5.19. The highest BCUT2D eigenvalue weighted by molar-refractivity contribution is 5.84. The van der Waals surface area contributed by atoms with Gasteiger partial charge in [-0.2, -0.15) is 0 Å². The topological polar surface area (TPSA) is 62.6 Å². The number of carbonyl (C=O) groups excluding carboxylic acids is 2. The van der Waals surface area contributed by atoms with Crippen LogP contribution in [0.4, 0.5) is 0 Å². The van der Waals surface area contributed by atoms with Gasteiger partial charge in [0.15, 0.2) is 0 Å². The van der Waals surface area contributed by atoms with E-state index in [-0.39, 0.29) is 23.8 Å². The van der Waals surface area contributed by atoms with E-state index in [9.17, 15) is 9.59 Å². The molecule has 2 atom stereocenters. The lowest BCUT2D eigenvalue weighted by Crippen LogP contribution is -2.45. The van der Waals surface area contributed by atoms with Gasteiger partial charge in [0.25, 0.3) is 0 Å². The Balaban J connectivity index is 1.80. The van der Waals surface area contributed by atoms with Gasteiger partial charge in [-0.25, -0.2) is 0 Å². The van der Waals surface area contributed by atoms with Crippen LogP contribution < -0.4 is 5.32 Å². The summed E-state index contributed by atoms with van der Waals surface area (Å²) in [6.07, 6.45) is 1.93. The van der Waals surface area contributed by atoms with E-state index < -0.39 is 0 Å². The summed E-state index contributed by atoms with van der Waals surface area (Å²) in [7, 11) is 0. The largest absolute Gasteiger partial charge is 0.459 e. The van der Waals surface area contributed by atoms with E-state index in [0.29, 0.717) is 25.9 Å². The zero-order chi connectivity index (χ0) is 17.1. The Morgan fingerprint density at radius 1 is 1.42 bits per heavy atom. The molecule has 1 aromatic carbocycles. The fraction of sp³-hybridized carbons (Fsp3) is 0.474. The van der Waals surface area contributed by atoms with Gasteiger partial charge in [0.2, 0.25) is 11.8 Å². The Hall–Kier alpha value is -2.30. The zero-order valence-electron chi connectivity index (χ0n) is 14.2. The molecule has 5 nitrogen and oxygen atoms in total. The third-order valence-electron chi connectivity index (χ3n) is 4.69. The van der Waals surface area contributed by atoms with E-state index in [0.717, 1.165) is 23.2 Å². The van der Waals surface area contributed by atoms with Crippen LogP contribution in [0, 0.1) is 5.92 Å². The van der Waals surface area contributed by atoms with Crippen LogP contribution in [0.2, 0.25) is 0 Å². The average Bonchev–Trinajstić information content (AvgIpc) is 3.03. The Kier molecular flexibility index (Phi) is 4.88. The summed E-state index contributed by atoms with van der Waals surface area (Å²) in [5.74, 6) is 0.801. The molecule has 1 aromatic heterocycles. The molecule has 2 aromatic rings. The van der Waals surface area contributed by atoms with Crippen molar-refractivity contribution in [3.05, 3.63) is 36.1 Å². The molecule has 128 valence electrons. The van der Waals surface area contributed by atoms with Gasteiger partial charge in [0, 0.05) is 24.9 Å². The van der Waals surface area contributed by atoms with Crippen LogP contribution in [0.3, 0.4) is 0 Å². The quantitative estimate of drug-likeness (QED) is 0.916. The van der Waals surface area contributed by atoms with Crippen molar-refractivity contribution in [2.24, 2.45) is 5.92 Å². The molecular formula is C19H24N2O3. The maximum absolute atomic E-state index is 13.0. The Morgan fingerprint density at radius 3 is 2.88 bits per heavy atom. The fourth-order valence-electron chi connectivity index (χ4n) is 3.28. The molecule has 1 fully saturated rings. The molecule has 2 heterocycles. The summed E-state index contributed by atoms with van der Waals surface area (Å²) in [5, 5.41) is 3.85. The predicted molar refractivity (Wildman–Crippen MR) is 92.4 cm³/mol. The number of carbonyl (C=O) groups is 2. The molecule has 0 unspecified atom stereocenters. The Bertz CT molecular complexity index is 694. The van der Waals surface area contributed by atoms with Gasteiger partial charge in [-0.1, -0.05) is 25.1 Å². The first-order valence-electron chi connectivity index (χ1n) is 8.65. The van der Waals surface area contributed by atoms with Crippen LogP contribution in [0.15, 0.2) is 34.7 Å². The molecule has 24 heavy (non-hydrogen) atoms. The second kappa shape index (κ2) is 7.07. The SMILES string of the molecule is CCCN(C(=O)[C@@H]1CCC(=O)NC1)[C@H](C)c1cc2ccccc2o1.